The highest BCUT2D eigenvalue weighted by atomic mass is 32.2. The third-order valence-electron chi connectivity index (χ3n) is 5.93. The molecule has 42 heavy (non-hydrogen) atoms. The summed E-state index contributed by atoms with van der Waals surface area (Å²) >= 11 is 1.76. The predicted octanol–water partition coefficient (Wildman–Crippen LogP) is 5.07. The van der Waals surface area contributed by atoms with E-state index < -0.39 is 32.7 Å². The Labute approximate surface area is 250 Å². The number of carbonyl (C=O) groups is 4. The molecule has 0 radical (unpaired) electrons. The van der Waals surface area contributed by atoms with Crippen LogP contribution >= 0.6 is 23.5 Å². The van der Waals surface area contributed by atoms with Gasteiger partial charge in [-0.15, -0.1) is 0 Å². The zero-order valence-corrected chi connectivity index (χ0v) is 25.3. The Morgan fingerprint density at radius 2 is 1.26 bits per heavy atom. The first-order valence-electron chi connectivity index (χ1n) is 12.5. The van der Waals surface area contributed by atoms with E-state index in [1.807, 2.05) is 0 Å². The summed E-state index contributed by atoms with van der Waals surface area (Å²) in [5, 5.41) is 0.818. The number of Topliss-reactive ketones (excluding diaryl/α,β-unsaturated/α-hetero) is 1. The van der Waals surface area contributed by atoms with Crippen molar-refractivity contribution < 1.29 is 46.5 Å². The normalized spacial score (nSPS) is 13.8. The number of hydrogen-bond acceptors (Lipinski definition) is 12. The number of sulfone groups is 1. The Balaban J connectivity index is 1.95. The van der Waals surface area contributed by atoms with E-state index in [9.17, 15) is 27.6 Å². The van der Waals surface area contributed by atoms with Gasteiger partial charge in [-0.2, -0.15) is 0 Å². The third-order valence-corrected chi connectivity index (χ3v) is 10.6. The average Bonchev–Trinajstić information content (AvgIpc) is 3.41. The van der Waals surface area contributed by atoms with Gasteiger partial charge in [0.05, 0.1) is 45.5 Å². The molecule has 13 heteroatoms. The number of fused-ring (bicyclic) bond motifs is 2. The molecule has 0 amide bonds. The van der Waals surface area contributed by atoms with Crippen LogP contribution in [-0.4, -0.2) is 52.9 Å². The first-order chi connectivity index (χ1) is 20.1. The lowest BCUT2D eigenvalue weighted by Crippen LogP contribution is -2.16. The van der Waals surface area contributed by atoms with Crippen LogP contribution in [0.3, 0.4) is 0 Å². The van der Waals surface area contributed by atoms with Crippen LogP contribution in [0, 0.1) is 0 Å². The maximum absolute atomic E-state index is 13.7. The summed E-state index contributed by atoms with van der Waals surface area (Å²) in [5.74, 6) is -2.38. The minimum atomic E-state index is -4.37. The Morgan fingerprint density at radius 1 is 0.738 bits per heavy atom. The van der Waals surface area contributed by atoms with Gasteiger partial charge in [0, 0.05) is 24.3 Å². The average molecular weight is 631 g/mol. The lowest BCUT2D eigenvalue weighted by atomic mass is 10.1. The maximum Gasteiger partial charge on any atom is 0.351 e. The molecule has 0 fully saturated rings. The first kappa shape index (κ1) is 31.3. The van der Waals surface area contributed by atoms with Crippen molar-refractivity contribution >= 4 is 67.8 Å². The molecule has 3 aromatic rings. The van der Waals surface area contributed by atoms with E-state index in [0.717, 1.165) is 30.6 Å². The highest BCUT2D eigenvalue weighted by molar-refractivity contribution is 8.25. The minimum absolute atomic E-state index is 0.0197. The second-order valence-corrected chi connectivity index (χ2v) is 13.1. The quantitative estimate of drug-likeness (QED) is 0.159. The SMILES string of the molecule is COCCC(=O)Oc1c2c(c(OC(=O)CCC(C)=O)c3ccccc13)S/C(=C(/C(=O)OC)S(=O)(=O)c1ccccc1)S2. The molecule has 4 rings (SSSR count). The van der Waals surface area contributed by atoms with Gasteiger partial charge in [0.15, 0.2) is 16.4 Å². The van der Waals surface area contributed by atoms with Gasteiger partial charge in [0.1, 0.15) is 5.78 Å². The molecule has 0 saturated carbocycles. The summed E-state index contributed by atoms with van der Waals surface area (Å²) in [7, 11) is -1.85. The van der Waals surface area contributed by atoms with E-state index in [1.165, 1.54) is 38.3 Å². The molecule has 0 bridgehead atoms. The summed E-state index contributed by atoms with van der Waals surface area (Å²) in [5.41, 5.74) is 0. The number of rotatable bonds is 11. The van der Waals surface area contributed by atoms with Gasteiger partial charge in [-0.05, 0) is 19.1 Å². The van der Waals surface area contributed by atoms with Crippen LogP contribution in [0.15, 0.2) is 78.4 Å². The summed E-state index contributed by atoms with van der Waals surface area (Å²) in [4.78, 5) is 49.8. The highest BCUT2D eigenvalue weighted by Crippen LogP contribution is 2.62. The molecule has 0 aromatic heterocycles. The van der Waals surface area contributed by atoms with E-state index in [0.29, 0.717) is 10.8 Å². The van der Waals surface area contributed by atoms with Crippen molar-refractivity contribution in [2.45, 2.75) is 40.9 Å². The number of carbonyl (C=O) groups excluding carboxylic acids is 4. The van der Waals surface area contributed by atoms with E-state index >= 15 is 0 Å². The molecular weight excluding hydrogens is 605 g/mol. The fraction of sp³-hybridized carbons (Fsp3) is 0.241. The van der Waals surface area contributed by atoms with Crippen LogP contribution in [-0.2, 0) is 38.5 Å². The Bertz CT molecular complexity index is 1700. The lowest BCUT2D eigenvalue weighted by molar-refractivity contribution is -0.136. The molecule has 1 heterocycles. The largest absolute Gasteiger partial charge is 0.465 e. The predicted molar refractivity (Wildman–Crippen MR) is 156 cm³/mol. The van der Waals surface area contributed by atoms with Crippen LogP contribution < -0.4 is 9.47 Å². The molecule has 0 aliphatic carbocycles. The summed E-state index contributed by atoms with van der Waals surface area (Å²) < 4.78 is 48.8. The number of benzene rings is 3. The number of ether oxygens (including phenoxy) is 4. The Morgan fingerprint density at radius 3 is 1.76 bits per heavy atom. The number of methoxy groups -OCH3 is 2. The van der Waals surface area contributed by atoms with Crippen molar-refractivity contribution in [3.8, 4) is 11.5 Å². The van der Waals surface area contributed by atoms with Gasteiger partial charge in [0.25, 0.3) is 0 Å². The lowest BCUT2D eigenvalue weighted by Gasteiger charge is -2.16. The molecule has 0 spiro atoms. The fourth-order valence-electron chi connectivity index (χ4n) is 3.92. The number of ketones is 1. The molecule has 0 atom stereocenters. The molecular formula is C29H26O10S3. The van der Waals surface area contributed by atoms with E-state index in [1.54, 1.807) is 30.3 Å². The van der Waals surface area contributed by atoms with Crippen LogP contribution in [0.5, 0.6) is 11.5 Å². The molecule has 10 nitrogen and oxygen atoms in total. The van der Waals surface area contributed by atoms with Gasteiger partial charge in [-0.3, -0.25) is 9.59 Å². The number of esters is 3. The van der Waals surface area contributed by atoms with Gasteiger partial charge < -0.3 is 23.7 Å². The van der Waals surface area contributed by atoms with E-state index in [4.69, 9.17) is 18.9 Å². The van der Waals surface area contributed by atoms with Crippen LogP contribution in [0.25, 0.3) is 10.8 Å². The van der Waals surface area contributed by atoms with Crippen LogP contribution in [0.4, 0.5) is 0 Å². The second-order valence-electron chi connectivity index (χ2n) is 8.88. The molecule has 3 aromatic carbocycles. The molecule has 0 N–H and O–H groups in total. The summed E-state index contributed by atoms with van der Waals surface area (Å²) in [6, 6.07) is 14.1. The molecule has 1 aliphatic rings. The molecule has 0 saturated heterocycles. The van der Waals surface area contributed by atoms with Crippen LogP contribution in [0.1, 0.15) is 26.2 Å². The van der Waals surface area contributed by atoms with Gasteiger partial charge in [0.2, 0.25) is 9.84 Å². The van der Waals surface area contributed by atoms with Crippen molar-refractivity contribution in [1.29, 1.82) is 0 Å². The fourth-order valence-corrected chi connectivity index (χ4v) is 8.60. The first-order valence-corrected chi connectivity index (χ1v) is 15.7. The van der Waals surface area contributed by atoms with Gasteiger partial charge in [-0.1, -0.05) is 66.0 Å². The number of hydrogen-bond donors (Lipinski definition) is 0. The highest BCUT2D eigenvalue weighted by Gasteiger charge is 2.39. The standard InChI is InChI=1S/C29H26O10S3/c1-17(30)13-14-21(31)38-23-19-11-7-8-12-20(19)24(39-22(32)15-16-36-2)26-25(23)40-29(41-26)27(28(33)37-3)42(34,35)18-9-5-4-6-10-18/h4-12H,13-16H2,1-3H3/b29-27+. The smallest absolute Gasteiger partial charge is 0.351 e. The summed E-state index contributed by atoms with van der Waals surface area (Å²) in [6.45, 7) is 1.47. The van der Waals surface area contributed by atoms with Crippen molar-refractivity contribution in [3.05, 3.63) is 63.7 Å². The minimum Gasteiger partial charge on any atom is -0.465 e. The third kappa shape index (κ3) is 6.70. The van der Waals surface area contributed by atoms with E-state index in [2.05, 4.69) is 0 Å². The van der Waals surface area contributed by atoms with Crippen molar-refractivity contribution in [1.82, 2.24) is 0 Å². The van der Waals surface area contributed by atoms with Gasteiger partial charge >= 0.3 is 17.9 Å². The molecule has 220 valence electrons. The zero-order chi connectivity index (χ0) is 30.4. The Hall–Kier alpha value is -3.65. The zero-order valence-electron chi connectivity index (χ0n) is 22.8. The monoisotopic (exact) mass is 630 g/mol. The van der Waals surface area contributed by atoms with Gasteiger partial charge in [-0.25, -0.2) is 13.2 Å². The van der Waals surface area contributed by atoms with Crippen LogP contribution in [0.2, 0.25) is 0 Å². The summed E-state index contributed by atoms with van der Waals surface area (Å²) in [6.07, 6.45) is -0.261. The molecule has 0 unspecified atom stereocenters. The topological polar surface area (TPSA) is 139 Å². The second kappa shape index (κ2) is 13.6. The Kier molecular flexibility index (Phi) is 10.1. The van der Waals surface area contributed by atoms with Crippen molar-refractivity contribution in [3.63, 3.8) is 0 Å². The molecule has 1 aliphatic heterocycles. The number of thioether (sulfide) groups is 2. The maximum atomic E-state index is 13.7. The van der Waals surface area contributed by atoms with E-state index in [-0.39, 0.29) is 62.1 Å². The van der Waals surface area contributed by atoms with Crippen molar-refractivity contribution in [2.75, 3.05) is 20.8 Å². The van der Waals surface area contributed by atoms with Crippen molar-refractivity contribution in [2.24, 2.45) is 0 Å².